The molecule has 92 valence electrons. The zero-order chi connectivity index (χ0) is 11.4. The number of carbonyl (C=O) groups excluding carboxylic acids is 1. The van der Waals surface area contributed by atoms with Crippen molar-refractivity contribution in [1.82, 2.24) is 15.1 Å². The maximum atomic E-state index is 11.6. The summed E-state index contributed by atoms with van der Waals surface area (Å²) in [5, 5.41) is 3.02. The average Bonchev–Trinajstić information content (AvgIpc) is 3.05. The van der Waals surface area contributed by atoms with Crippen molar-refractivity contribution < 1.29 is 4.79 Å². The quantitative estimate of drug-likeness (QED) is 0.621. The minimum Gasteiger partial charge on any atom is -0.352 e. The van der Waals surface area contributed by atoms with Gasteiger partial charge in [-0.2, -0.15) is 0 Å². The summed E-state index contributed by atoms with van der Waals surface area (Å²) in [4.78, 5) is 16.2. The molecular weight excluding hydrogens is 204 g/mol. The van der Waals surface area contributed by atoms with E-state index in [1.54, 1.807) is 0 Å². The highest BCUT2D eigenvalue weighted by molar-refractivity contribution is 5.78. The van der Waals surface area contributed by atoms with Crippen molar-refractivity contribution in [2.75, 3.05) is 45.8 Å². The van der Waals surface area contributed by atoms with Gasteiger partial charge in [-0.15, -0.1) is 0 Å². The second kappa shape index (κ2) is 5.61. The zero-order valence-electron chi connectivity index (χ0n) is 9.82. The number of piperazine rings is 1. The van der Waals surface area contributed by atoms with E-state index in [2.05, 4.69) is 15.1 Å². The van der Waals surface area contributed by atoms with Gasteiger partial charge in [0, 0.05) is 45.3 Å². The van der Waals surface area contributed by atoms with Crippen molar-refractivity contribution in [3.05, 3.63) is 0 Å². The molecule has 0 atom stereocenters. The van der Waals surface area contributed by atoms with Crippen LogP contribution in [0.4, 0.5) is 0 Å². The second-order valence-corrected chi connectivity index (χ2v) is 4.75. The van der Waals surface area contributed by atoms with Gasteiger partial charge < -0.3 is 11.1 Å². The largest absolute Gasteiger partial charge is 0.352 e. The molecule has 0 radical (unpaired) electrons. The van der Waals surface area contributed by atoms with Crippen molar-refractivity contribution in [2.45, 2.75) is 18.9 Å². The molecule has 0 bridgehead atoms. The molecule has 1 amide bonds. The van der Waals surface area contributed by atoms with Crippen LogP contribution < -0.4 is 11.1 Å². The van der Waals surface area contributed by atoms with Gasteiger partial charge in [0.2, 0.25) is 5.91 Å². The number of rotatable bonds is 5. The van der Waals surface area contributed by atoms with E-state index in [1.807, 2.05) is 0 Å². The van der Waals surface area contributed by atoms with Gasteiger partial charge in [-0.25, -0.2) is 0 Å². The first-order valence-electron chi connectivity index (χ1n) is 6.22. The van der Waals surface area contributed by atoms with Crippen LogP contribution in [0.5, 0.6) is 0 Å². The standard InChI is InChI=1S/C11H22N4O/c12-3-4-14-5-7-15(8-6-14)9-11(16)13-10-1-2-10/h10H,1-9,12H2,(H,13,16). The summed E-state index contributed by atoms with van der Waals surface area (Å²) >= 11 is 0. The first-order chi connectivity index (χ1) is 7.78. The molecular formula is C11H22N4O. The van der Waals surface area contributed by atoms with Crippen LogP contribution in [-0.4, -0.2) is 67.6 Å². The Morgan fingerprint density at radius 1 is 1.19 bits per heavy atom. The summed E-state index contributed by atoms with van der Waals surface area (Å²) < 4.78 is 0. The molecule has 2 rings (SSSR count). The molecule has 3 N–H and O–H groups in total. The predicted molar refractivity (Wildman–Crippen MR) is 63.1 cm³/mol. The Balaban J connectivity index is 1.62. The summed E-state index contributed by atoms with van der Waals surface area (Å²) in [7, 11) is 0. The number of amides is 1. The summed E-state index contributed by atoms with van der Waals surface area (Å²) in [6.45, 7) is 6.30. The molecule has 0 spiro atoms. The van der Waals surface area contributed by atoms with E-state index in [-0.39, 0.29) is 5.91 Å². The fraction of sp³-hybridized carbons (Fsp3) is 0.909. The number of hydrogen-bond donors (Lipinski definition) is 2. The minimum atomic E-state index is 0.190. The number of carbonyl (C=O) groups is 1. The molecule has 5 nitrogen and oxygen atoms in total. The third-order valence-corrected chi connectivity index (χ3v) is 3.22. The van der Waals surface area contributed by atoms with Gasteiger partial charge >= 0.3 is 0 Å². The third-order valence-electron chi connectivity index (χ3n) is 3.22. The van der Waals surface area contributed by atoms with E-state index in [1.165, 1.54) is 0 Å². The van der Waals surface area contributed by atoms with Gasteiger partial charge in [-0.05, 0) is 12.8 Å². The summed E-state index contributed by atoms with van der Waals surface area (Å²) in [5.74, 6) is 0.190. The molecule has 5 heteroatoms. The van der Waals surface area contributed by atoms with Gasteiger partial charge in [0.25, 0.3) is 0 Å². The molecule has 16 heavy (non-hydrogen) atoms. The summed E-state index contributed by atoms with van der Waals surface area (Å²) in [6.07, 6.45) is 2.33. The van der Waals surface area contributed by atoms with Crippen LogP contribution >= 0.6 is 0 Å². The van der Waals surface area contributed by atoms with Crippen LogP contribution in [0.15, 0.2) is 0 Å². The highest BCUT2D eigenvalue weighted by atomic mass is 16.2. The fourth-order valence-electron chi connectivity index (χ4n) is 2.06. The molecule has 1 saturated heterocycles. The predicted octanol–water partition coefficient (Wildman–Crippen LogP) is -1.16. The number of nitrogens with two attached hydrogens (primary N) is 1. The Kier molecular flexibility index (Phi) is 4.15. The highest BCUT2D eigenvalue weighted by Crippen LogP contribution is 2.18. The molecule has 1 saturated carbocycles. The molecule has 1 aliphatic carbocycles. The van der Waals surface area contributed by atoms with Crippen molar-refractivity contribution in [1.29, 1.82) is 0 Å². The van der Waals surface area contributed by atoms with Gasteiger partial charge in [0.05, 0.1) is 6.54 Å². The summed E-state index contributed by atoms with van der Waals surface area (Å²) in [5.41, 5.74) is 5.52. The van der Waals surface area contributed by atoms with E-state index in [0.29, 0.717) is 12.6 Å². The van der Waals surface area contributed by atoms with Gasteiger partial charge in [-0.3, -0.25) is 14.6 Å². The van der Waals surface area contributed by atoms with Gasteiger partial charge in [0.15, 0.2) is 0 Å². The topological polar surface area (TPSA) is 61.6 Å². The Morgan fingerprint density at radius 3 is 2.38 bits per heavy atom. The van der Waals surface area contributed by atoms with Crippen LogP contribution in [0.1, 0.15) is 12.8 Å². The third kappa shape index (κ3) is 3.73. The first-order valence-corrected chi connectivity index (χ1v) is 6.22. The molecule has 0 aromatic carbocycles. The van der Waals surface area contributed by atoms with Crippen LogP contribution in [0.2, 0.25) is 0 Å². The van der Waals surface area contributed by atoms with E-state index in [4.69, 9.17) is 5.73 Å². The zero-order valence-corrected chi connectivity index (χ0v) is 9.82. The molecule has 0 aromatic rings. The first kappa shape index (κ1) is 11.8. The second-order valence-electron chi connectivity index (χ2n) is 4.75. The summed E-state index contributed by atoms with van der Waals surface area (Å²) in [6, 6.07) is 0.478. The SMILES string of the molecule is NCCN1CCN(CC(=O)NC2CC2)CC1. The lowest BCUT2D eigenvalue weighted by Crippen LogP contribution is -2.50. The average molecular weight is 226 g/mol. The van der Waals surface area contributed by atoms with Gasteiger partial charge in [0.1, 0.15) is 0 Å². The normalized spacial score (nSPS) is 23.3. The Bertz CT molecular complexity index is 234. The van der Waals surface area contributed by atoms with Crippen LogP contribution in [0.3, 0.4) is 0 Å². The van der Waals surface area contributed by atoms with Crippen molar-refractivity contribution in [3.8, 4) is 0 Å². The van der Waals surface area contributed by atoms with E-state index in [9.17, 15) is 4.79 Å². The Labute approximate surface area is 96.9 Å². The smallest absolute Gasteiger partial charge is 0.234 e. The van der Waals surface area contributed by atoms with Crippen molar-refractivity contribution >= 4 is 5.91 Å². The Morgan fingerprint density at radius 2 is 1.81 bits per heavy atom. The van der Waals surface area contributed by atoms with Gasteiger partial charge in [-0.1, -0.05) is 0 Å². The molecule has 0 unspecified atom stereocenters. The van der Waals surface area contributed by atoms with E-state index < -0.39 is 0 Å². The van der Waals surface area contributed by atoms with Crippen molar-refractivity contribution in [2.24, 2.45) is 5.73 Å². The maximum absolute atomic E-state index is 11.6. The number of nitrogens with zero attached hydrogens (tertiary/aromatic N) is 2. The lowest BCUT2D eigenvalue weighted by Gasteiger charge is -2.33. The van der Waals surface area contributed by atoms with Crippen LogP contribution in [0, 0.1) is 0 Å². The van der Waals surface area contributed by atoms with Crippen molar-refractivity contribution in [3.63, 3.8) is 0 Å². The van der Waals surface area contributed by atoms with Crippen LogP contribution in [0.25, 0.3) is 0 Å². The van der Waals surface area contributed by atoms with E-state index in [0.717, 1.165) is 52.1 Å². The lowest BCUT2D eigenvalue weighted by atomic mass is 10.3. The maximum Gasteiger partial charge on any atom is 0.234 e. The monoisotopic (exact) mass is 226 g/mol. The molecule has 1 heterocycles. The molecule has 0 aromatic heterocycles. The lowest BCUT2D eigenvalue weighted by molar-refractivity contribution is -0.122. The number of nitrogens with one attached hydrogen (secondary N) is 1. The molecule has 2 aliphatic rings. The minimum absolute atomic E-state index is 0.190. The Hall–Kier alpha value is -0.650. The highest BCUT2D eigenvalue weighted by Gasteiger charge is 2.25. The number of hydrogen-bond acceptors (Lipinski definition) is 4. The van der Waals surface area contributed by atoms with E-state index >= 15 is 0 Å². The fourth-order valence-corrected chi connectivity index (χ4v) is 2.06. The molecule has 2 fully saturated rings. The van der Waals surface area contributed by atoms with Crippen LogP contribution in [-0.2, 0) is 4.79 Å². The molecule has 1 aliphatic heterocycles.